The molecule has 48 heavy (non-hydrogen) atoms. The van der Waals surface area contributed by atoms with Crippen LogP contribution in [0.1, 0.15) is 44.5 Å². The maximum atomic E-state index is 13.2. The van der Waals surface area contributed by atoms with E-state index in [0.717, 1.165) is 12.1 Å². The van der Waals surface area contributed by atoms with Gasteiger partial charge in [0.15, 0.2) is 5.69 Å². The zero-order valence-electron chi connectivity index (χ0n) is 24.2. The second-order valence-corrected chi connectivity index (χ2v) is 10.0. The quantitative estimate of drug-likeness (QED) is 0.212. The third-order valence-electron chi connectivity index (χ3n) is 7.56. The van der Waals surface area contributed by atoms with Gasteiger partial charge in [-0.15, -0.1) is 13.2 Å². The van der Waals surface area contributed by atoms with E-state index < -0.39 is 23.4 Å². The van der Waals surface area contributed by atoms with Gasteiger partial charge in [0.1, 0.15) is 17.9 Å². The Hall–Kier alpha value is -7.87. The van der Waals surface area contributed by atoms with Crippen molar-refractivity contribution < 1.29 is 17.9 Å². The smallest absolute Gasteiger partial charge is 0.404 e. The Morgan fingerprint density at radius 3 is 1.81 bits per heavy atom. The van der Waals surface area contributed by atoms with E-state index in [1.165, 1.54) is 18.2 Å². The van der Waals surface area contributed by atoms with Gasteiger partial charge in [-0.1, -0.05) is 30.3 Å². The maximum Gasteiger partial charge on any atom is 0.573 e. The molecule has 0 heterocycles. The highest BCUT2D eigenvalue weighted by atomic mass is 19.4. The van der Waals surface area contributed by atoms with Gasteiger partial charge in [0.05, 0.1) is 49.6 Å². The number of benzene rings is 3. The first-order valence-electron chi connectivity index (χ1n) is 13.3. The summed E-state index contributed by atoms with van der Waals surface area (Å²) in [6.07, 6.45) is -5.16. The van der Waals surface area contributed by atoms with E-state index in [-0.39, 0.29) is 67.1 Å². The standard InChI is InChI=1S/C36H11F3N8O/c1-18-10-19(8-9-27(18)44-2)32-34(29(17-43)46-4)24-12-22-23(13-25(24)35(32)47-5)33(28(16-42)45-3)31(26(22)15-41)20-6-7-21(14-40)30(11-20)48-36(37,38)39/h6-13H,1H3/b33-28+,34-29-. The van der Waals surface area contributed by atoms with Crippen molar-refractivity contribution in [3.8, 4) is 30.0 Å². The molecule has 0 fully saturated rings. The van der Waals surface area contributed by atoms with Crippen molar-refractivity contribution in [2.24, 2.45) is 0 Å². The highest BCUT2D eigenvalue weighted by Gasteiger charge is 2.38. The molecule has 5 rings (SSSR count). The van der Waals surface area contributed by atoms with Gasteiger partial charge in [-0.3, -0.25) is 0 Å². The number of halogens is 3. The van der Waals surface area contributed by atoms with Crippen molar-refractivity contribution >= 4 is 39.2 Å². The number of hydrogen-bond acceptors (Lipinski definition) is 5. The van der Waals surface area contributed by atoms with E-state index in [1.54, 1.807) is 37.3 Å². The van der Waals surface area contributed by atoms with Crippen molar-refractivity contribution in [3.05, 3.63) is 150 Å². The van der Waals surface area contributed by atoms with Gasteiger partial charge >= 0.3 is 6.36 Å². The summed E-state index contributed by atoms with van der Waals surface area (Å²) in [4.78, 5) is 13.9. The first-order valence-corrected chi connectivity index (χ1v) is 13.3. The molecule has 2 aliphatic rings. The summed E-state index contributed by atoms with van der Waals surface area (Å²) < 4.78 is 43.8. The minimum atomic E-state index is -5.16. The molecule has 2 aliphatic carbocycles. The molecule has 0 N–H and O–H groups in total. The Kier molecular flexibility index (Phi) is 7.83. The molecule has 12 heteroatoms. The van der Waals surface area contributed by atoms with Crippen LogP contribution in [-0.4, -0.2) is 6.36 Å². The van der Waals surface area contributed by atoms with Crippen molar-refractivity contribution in [1.82, 2.24) is 0 Å². The summed E-state index contributed by atoms with van der Waals surface area (Å²) in [6, 6.07) is 18.1. The zero-order valence-corrected chi connectivity index (χ0v) is 24.2. The number of allylic oxidation sites excluding steroid dienone is 7. The zero-order chi connectivity index (χ0) is 34.9. The number of nitrogens with zero attached hydrogens (tertiary/aromatic N) is 8. The van der Waals surface area contributed by atoms with Crippen LogP contribution in [0, 0.1) is 78.5 Å². The third kappa shape index (κ3) is 4.94. The number of alkyl halides is 3. The fraction of sp³-hybridized carbons (Fsp3) is 0.0556. The fourth-order valence-electron chi connectivity index (χ4n) is 5.68. The topological polar surface area (TPSA) is 122 Å². The van der Waals surface area contributed by atoms with Crippen LogP contribution in [0.2, 0.25) is 0 Å². The van der Waals surface area contributed by atoms with Crippen molar-refractivity contribution in [2.75, 3.05) is 0 Å². The van der Waals surface area contributed by atoms with Crippen LogP contribution in [0.3, 0.4) is 0 Å². The molecule has 0 aliphatic heterocycles. The van der Waals surface area contributed by atoms with Crippen molar-refractivity contribution in [3.63, 3.8) is 0 Å². The molecule has 0 saturated carbocycles. The van der Waals surface area contributed by atoms with Gasteiger partial charge in [0.25, 0.3) is 11.4 Å². The van der Waals surface area contributed by atoms with Gasteiger partial charge < -0.3 is 4.74 Å². The maximum absolute atomic E-state index is 13.2. The average molecular weight is 629 g/mol. The highest BCUT2D eigenvalue weighted by Crippen LogP contribution is 2.55. The van der Waals surface area contributed by atoms with E-state index >= 15 is 0 Å². The lowest BCUT2D eigenvalue weighted by Gasteiger charge is -2.14. The minimum absolute atomic E-state index is 0.0148. The summed E-state index contributed by atoms with van der Waals surface area (Å²) in [5, 5.41) is 39.7. The van der Waals surface area contributed by atoms with E-state index in [1.807, 2.05) is 12.1 Å². The molecule has 0 aromatic heterocycles. The minimum Gasteiger partial charge on any atom is -0.404 e. The van der Waals surface area contributed by atoms with Crippen LogP contribution in [0.15, 0.2) is 59.9 Å². The number of aryl methyl sites for hydroxylation is 1. The van der Waals surface area contributed by atoms with Gasteiger partial charge in [-0.05, 0) is 80.8 Å². The van der Waals surface area contributed by atoms with Crippen LogP contribution >= 0.6 is 0 Å². The Bertz CT molecular complexity index is 2480. The molecule has 222 valence electrons. The number of nitriles is 4. The number of hydrogen-bond donors (Lipinski definition) is 0. The Balaban J connectivity index is 1.89. The monoisotopic (exact) mass is 628 g/mol. The van der Waals surface area contributed by atoms with Crippen LogP contribution in [0.5, 0.6) is 5.75 Å². The fourth-order valence-corrected chi connectivity index (χ4v) is 5.68. The van der Waals surface area contributed by atoms with Crippen molar-refractivity contribution in [1.29, 1.82) is 21.0 Å². The van der Waals surface area contributed by atoms with Gasteiger partial charge in [-0.2, -0.15) is 10.5 Å². The summed E-state index contributed by atoms with van der Waals surface area (Å²) in [7, 11) is 0. The molecule has 0 atom stereocenters. The van der Waals surface area contributed by atoms with Crippen LogP contribution in [0.25, 0.3) is 52.9 Å². The van der Waals surface area contributed by atoms with Gasteiger partial charge in [-0.25, -0.2) is 29.9 Å². The van der Waals surface area contributed by atoms with Crippen LogP contribution < -0.4 is 4.74 Å². The van der Waals surface area contributed by atoms with E-state index in [0.29, 0.717) is 16.8 Å². The molecule has 0 spiro atoms. The lowest BCUT2D eigenvalue weighted by Crippen LogP contribution is -2.18. The Labute approximate surface area is 271 Å². The van der Waals surface area contributed by atoms with Crippen LogP contribution in [0.4, 0.5) is 18.9 Å². The second kappa shape index (κ2) is 11.9. The van der Waals surface area contributed by atoms with E-state index in [4.69, 9.17) is 26.3 Å². The summed E-state index contributed by atoms with van der Waals surface area (Å²) >= 11 is 0. The molecule has 0 bridgehead atoms. The van der Waals surface area contributed by atoms with Gasteiger partial charge in [0.2, 0.25) is 5.70 Å². The largest absolute Gasteiger partial charge is 0.573 e. The molecular formula is C36H11F3N8O. The molecule has 3 aromatic carbocycles. The summed E-state index contributed by atoms with van der Waals surface area (Å²) in [6.45, 7) is 32.6. The van der Waals surface area contributed by atoms with Crippen LogP contribution in [-0.2, 0) is 0 Å². The molecular weight excluding hydrogens is 617 g/mol. The Morgan fingerprint density at radius 2 is 1.29 bits per heavy atom. The third-order valence-corrected chi connectivity index (χ3v) is 7.56. The first kappa shape index (κ1) is 31.6. The van der Waals surface area contributed by atoms with E-state index in [9.17, 15) is 34.2 Å². The SMILES string of the molecule is [C-]#[N+]C1=C(c2ccc([N+]#[C-])c(C)c2)/C(=C(/C#N)[N+]#[C-])c2cc3c(cc21)/C(=C(/C#N)[N+]#[C-])C(c1ccc(C#N)c(OC(F)(F)F)c1)=C3C#N. The summed E-state index contributed by atoms with van der Waals surface area (Å²) in [5.41, 5.74) is 0.674. The molecule has 0 amide bonds. The Morgan fingerprint density at radius 1 is 0.708 bits per heavy atom. The molecule has 0 unspecified atom stereocenters. The average Bonchev–Trinajstić information content (AvgIpc) is 3.56. The molecule has 9 nitrogen and oxygen atoms in total. The predicted octanol–water partition coefficient (Wildman–Crippen LogP) is 8.87. The molecule has 0 radical (unpaired) electrons. The molecule has 3 aromatic rings. The normalized spacial score (nSPS) is 14.8. The summed E-state index contributed by atoms with van der Waals surface area (Å²) in [5.74, 6) is -0.866. The van der Waals surface area contributed by atoms with Crippen molar-refractivity contribution in [2.45, 2.75) is 13.3 Å². The number of fused-ring (bicyclic) bond motifs is 2. The lowest BCUT2D eigenvalue weighted by atomic mass is 9.91. The first-order chi connectivity index (χ1) is 23.0. The lowest BCUT2D eigenvalue weighted by molar-refractivity contribution is -0.274. The van der Waals surface area contributed by atoms with Gasteiger partial charge in [0, 0.05) is 5.57 Å². The number of rotatable bonds is 3. The highest BCUT2D eigenvalue weighted by molar-refractivity contribution is 6.29. The molecule has 0 saturated heterocycles. The van der Waals surface area contributed by atoms with E-state index in [2.05, 4.69) is 24.1 Å². The predicted molar refractivity (Wildman–Crippen MR) is 166 cm³/mol. The second-order valence-electron chi connectivity index (χ2n) is 10.0. The number of ether oxygens (including phenoxy) is 1.